The summed E-state index contributed by atoms with van der Waals surface area (Å²) in [6.07, 6.45) is -3.02. The average Bonchev–Trinajstić information content (AvgIpc) is 2.38. The Morgan fingerprint density at radius 1 is 1.47 bits per heavy atom. The monoisotopic (exact) mass is 269 g/mol. The van der Waals surface area contributed by atoms with Gasteiger partial charge >= 0.3 is 5.97 Å². The predicted octanol–water partition coefficient (Wildman–Crippen LogP) is 2.61. The second kappa shape index (κ2) is 6.69. The summed E-state index contributed by atoms with van der Waals surface area (Å²) in [6, 6.07) is 4.22. The molecule has 0 saturated carbocycles. The van der Waals surface area contributed by atoms with E-state index in [4.69, 9.17) is 14.7 Å². The van der Waals surface area contributed by atoms with Crippen LogP contribution in [0.3, 0.4) is 0 Å². The van der Waals surface area contributed by atoms with Gasteiger partial charge < -0.3 is 9.47 Å². The lowest BCUT2D eigenvalue weighted by Crippen LogP contribution is -2.11. The Labute approximate surface area is 109 Å². The van der Waals surface area contributed by atoms with Crippen molar-refractivity contribution in [3.05, 3.63) is 28.8 Å². The maximum atomic E-state index is 12.8. The van der Waals surface area contributed by atoms with E-state index in [1.54, 1.807) is 6.92 Å². The minimum Gasteiger partial charge on any atom is -0.496 e. The van der Waals surface area contributed by atoms with Crippen molar-refractivity contribution in [2.45, 2.75) is 19.8 Å². The van der Waals surface area contributed by atoms with Gasteiger partial charge in [-0.3, -0.25) is 4.79 Å². The SMILES string of the molecule is CCOC(=O)Cc1c(C#N)ccc(C(F)F)c1OC. The third kappa shape index (κ3) is 3.41. The molecule has 0 aromatic heterocycles. The summed E-state index contributed by atoms with van der Waals surface area (Å²) < 4.78 is 35.3. The van der Waals surface area contributed by atoms with Gasteiger partial charge in [-0.05, 0) is 19.1 Å². The van der Waals surface area contributed by atoms with Crippen molar-refractivity contribution in [3.63, 3.8) is 0 Å². The van der Waals surface area contributed by atoms with Crippen LogP contribution in [0.4, 0.5) is 8.78 Å². The smallest absolute Gasteiger partial charge is 0.310 e. The summed E-state index contributed by atoms with van der Waals surface area (Å²) in [5.41, 5.74) is -0.101. The van der Waals surface area contributed by atoms with Gasteiger partial charge in [-0.2, -0.15) is 5.26 Å². The molecule has 1 aromatic rings. The molecule has 1 rings (SSSR count). The highest BCUT2D eigenvalue weighted by molar-refractivity contribution is 5.75. The van der Waals surface area contributed by atoms with Crippen LogP contribution < -0.4 is 4.74 Å². The van der Waals surface area contributed by atoms with Crippen molar-refractivity contribution in [1.82, 2.24) is 0 Å². The lowest BCUT2D eigenvalue weighted by Gasteiger charge is -2.14. The first-order chi connectivity index (χ1) is 9.04. The second-order valence-corrected chi connectivity index (χ2v) is 3.61. The fourth-order valence-corrected chi connectivity index (χ4v) is 1.70. The molecule has 0 aliphatic carbocycles. The Bertz CT molecular complexity index is 509. The van der Waals surface area contributed by atoms with E-state index < -0.39 is 12.4 Å². The maximum absolute atomic E-state index is 12.8. The van der Waals surface area contributed by atoms with Crippen LogP contribution in [0.15, 0.2) is 12.1 Å². The van der Waals surface area contributed by atoms with Gasteiger partial charge in [-0.25, -0.2) is 8.78 Å². The zero-order valence-electron chi connectivity index (χ0n) is 10.6. The normalized spacial score (nSPS) is 10.1. The minimum atomic E-state index is -2.75. The number of nitriles is 1. The first-order valence-corrected chi connectivity index (χ1v) is 5.58. The molecule has 102 valence electrons. The van der Waals surface area contributed by atoms with E-state index in [9.17, 15) is 13.6 Å². The van der Waals surface area contributed by atoms with Crippen molar-refractivity contribution >= 4 is 5.97 Å². The van der Waals surface area contributed by atoms with Gasteiger partial charge in [0.05, 0.1) is 37.3 Å². The van der Waals surface area contributed by atoms with Crippen LogP contribution in [0.5, 0.6) is 5.75 Å². The lowest BCUT2D eigenvalue weighted by molar-refractivity contribution is -0.142. The Morgan fingerprint density at radius 3 is 2.63 bits per heavy atom. The van der Waals surface area contributed by atoms with Crippen molar-refractivity contribution in [1.29, 1.82) is 5.26 Å². The highest BCUT2D eigenvalue weighted by Crippen LogP contribution is 2.34. The second-order valence-electron chi connectivity index (χ2n) is 3.61. The number of carbonyl (C=O) groups excluding carboxylic acids is 1. The Balaban J connectivity index is 3.28. The Morgan fingerprint density at radius 2 is 2.16 bits per heavy atom. The predicted molar refractivity (Wildman–Crippen MR) is 63.0 cm³/mol. The molecule has 4 nitrogen and oxygen atoms in total. The first kappa shape index (κ1) is 14.9. The first-order valence-electron chi connectivity index (χ1n) is 5.58. The lowest BCUT2D eigenvalue weighted by atomic mass is 10.00. The molecule has 0 fully saturated rings. The van der Waals surface area contributed by atoms with Crippen LogP contribution in [0.25, 0.3) is 0 Å². The molecule has 0 unspecified atom stereocenters. The van der Waals surface area contributed by atoms with E-state index in [0.717, 1.165) is 6.07 Å². The number of hydrogen-bond acceptors (Lipinski definition) is 4. The van der Waals surface area contributed by atoms with Gasteiger partial charge in [0.25, 0.3) is 6.43 Å². The highest BCUT2D eigenvalue weighted by Gasteiger charge is 2.22. The standard InChI is InChI=1S/C13H13F2NO3/c1-3-19-11(17)6-10-8(7-16)4-5-9(13(14)15)12(10)18-2/h4-5,13H,3,6H2,1-2H3. The maximum Gasteiger partial charge on any atom is 0.310 e. The largest absolute Gasteiger partial charge is 0.496 e. The summed E-state index contributed by atoms with van der Waals surface area (Å²) in [6.45, 7) is 1.81. The minimum absolute atomic E-state index is 0.120. The number of halogens is 2. The van der Waals surface area contributed by atoms with Crippen LogP contribution in [-0.4, -0.2) is 19.7 Å². The summed E-state index contributed by atoms with van der Waals surface area (Å²) in [7, 11) is 1.22. The Kier molecular flexibility index (Phi) is 5.24. The number of rotatable bonds is 5. The van der Waals surface area contributed by atoms with E-state index >= 15 is 0 Å². The van der Waals surface area contributed by atoms with E-state index in [2.05, 4.69) is 0 Å². The fraction of sp³-hybridized carbons (Fsp3) is 0.385. The van der Waals surface area contributed by atoms with Gasteiger partial charge in [0.1, 0.15) is 5.75 Å². The molecule has 0 heterocycles. The zero-order chi connectivity index (χ0) is 14.4. The van der Waals surface area contributed by atoms with Crippen LogP contribution >= 0.6 is 0 Å². The summed E-state index contributed by atoms with van der Waals surface area (Å²) in [5.74, 6) is -0.731. The van der Waals surface area contributed by atoms with E-state index in [1.165, 1.54) is 13.2 Å². The van der Waals surface area contributed by atoms with Crippen LogP contribution in [0.1, 0.15) is 30.0 Å². The molecule has 0 radical (unpaired) electrons. The molecule has 6 heteroatoms. The van der Waals surface area contributed by atoms with Gasteiger partial charge in [0.2, 0.25) is 0 Å². The van der Waals surface area contributed by atoms with Gasteiger partial charge in [-0.1, -0.05) is 0 Å². The van der Waals surface area contributed by atoms with E-state index in [1.807, 2.05) is 6.07 Å². The number of nitrogens with zero attached hydrogens (tertiary/aromatic N) is 1. The molecular weight excluding hydrogens is 256 g/mol. The molecule has 0 spiro atoms. The third-order valence-corrected chi connectivity index (χ3v) is 2.48. The molecule has 0 aliphatic heterocycles. The number of hydrogen-bond donors (Lipinski definition) is 0. The molecule has 0 saturated heterocycles. The quantitative estimate of drug-likeness (QED) is 0.771. The van der Waals surface area contributed by atoms with Crippen molar-refractivity contribution in [2.75, 3.05) is 13.7 Å². The number of methoxy groups -OCH3 is 1. The summed E-state index contributed by atoms with van der Waals surface area (Å²) >= 11 is 0. The number of carbonyl (C=O) groups is 1. The zero-order valence-corrected chi connectivity index (χ0v) is 10.6. The van der Waals surface area contributed by atoms with Gasteiger partial charge in [-0.15, -0.1) is 0 Å². The van der Waals surface area contributed by atoms with E-state index in [0.29, 0.717) is 0 Å². The molecule has 0 bridgehead atoms. The molecule has 1 aromatic carbocycles. The number of benzene rings is 1. The molecule has 19 heavy (non-hydrogen) atoms. The summed E-state index contributed by atoms with van der Waals surface area (Å²) in [5, 5.41) is 8.97. The number of esters is 1. The van der Waals surface area contributed by atoms with Gasteiger partial charge in [0, 0.05) is 5.56 Å². The van der Waals surface area contributed by atoms with Crippen molar-refractivity contribution < 1.29 is 23.0 Å². The Hall–Kier alpha value is -2.16. The molecule has 0 aliphatic rings. The number of ether oxygens (including phenoxy) is 2. The third-order valence-electron chi connectivity index (χ3n) is 2.48. The van der Waals surface area contributed by atoms with Crippen molar-refractivity contribution in [3.8, 4) is 11.8 Å². The molecular formula is C13H13F2NO3. The number of alkyl halides is 2. The van der Waals surface area contributed by atoms with Gasteiger partial charge in [0.15, 0.2) is 0 Å². The molecule has 0 N–H and O–H groups in total. The highest BCUT2D eigenvalue weighted by atomic mass is 19.3. The molecule has 0 atom stereocenters. The topological polar surface area (TPSA) is 59.3 Å². The summed E-state index contributed by atoms with van der Waals surface area (Å²) in [4.78, 5) is 11.5. The fourth-order valence-electron chi connectivity index (χ4n) is 1.70. The van der Waals surface area contributed by atoms with Crippen LogP contribution in [0.2, 0.25) is 0 Å². The van der Waals surface area contributed by atoms with Crippen LogP contribution in [-0.2, 0) is 16.0 Å². The van der Waals surface area contributed by atoms with Crippen LogP contribution in [0, 0.1) is 11.3 Å². The average molecular weight is 269 g/mol. The van der Waals surface area contributed by atoms with E-state index in [-0.39, 0.29) is 35.5 Å². The molecule has 0 amide bonds. The van der Waals surface area contributed by atoms with Crippen molar-refractivity contribution in [2.24, 2.45) is 0 Å².